The van der Waals surface area contributed by atoms with Crippen LogP contribution in [0.4, 0.5) is 0 Å². The predicted octanol–water partition coefficient (Wildman–Crippen LogP) is 0.712. The van der Waals surface area contributed by atoms with E-state index in [0.29, 0.717) is 0 Å². The summed E-state index contributed by atoms with van der Waals surface area (Å²) in [6.45, 7) is 6.72. The first-order valence-electron chi connectivity index (χ1n) is 22.3. The Morgan fingerprint density at radius 3 is 1.82 bits per heavy atom. The quantitative estimate of drug-likeness (QED) is 0.174. The molecule has 2 fully saturated rings. The second kappa shape index (κ2) is 27.4. The first kappa shape index (κ1) is 55.9. The van der Waals surface area contributed by atoms with Crippen LogP contribution in [0, 0.1) is 17.8 Å². The van der Waals surface area contributed by atoms with Crippen LogP contribution in [-0.4, -0.2) is 166 Å². The topological polar surface area (TPSA) is 320 Å². The Labute approximate surface area is 381 Å². The molecule has 3 aliphatic rings. The molecule has 3 heterocycles. The molecule has 0 spiro atoms. The third-order valence-electron chi connectivity index (χ3n) is 12.0. The number of aliphatic hydroxyl groups excluding tert-OH is 9. The van der Waals surface area contributed by atoms with Gasteiger partial charge in [-0.1, -0.05) is 98.9 Å². The molecule has 3 aliphatic heterocycles. The first-order valence-corrected chi connectivity index (χ1v) is 22.3. The lowest BCUT2D eigenvalue weighted by Crippen LogP contribution is -2.61. The third-order valence-corrected chi connectivity index (χ3v) is 12.0. The van der Waals surface area contributed by atoms with Crippen molar-refractivity contribution in [3.05, 3.63) is 85.1 Å². The van der Waals surface area contributed by atoms with E-state index in [1.165, 1.54) is 13.0 Å². The third kappa shape index (κ3) is 18.6. The number of fused-ring (bicyclic) bond motifs is 2. The Kier molecular flexibility index (Phi) is 23.6. The highest BCUT2D eigenvalue weighted by atomic mass is 16.7. The van der Waals surface area contributed by atoms with E-state index in [-0.39, 0.29) is 31.6 Å². The largest absolute Gasteiger partial charge is 0.481 e. The Bertz CT molecular complexity index is 1670. The maximum Gasteiger partial charge on any atom is 0.311 e. The van der Waals surface area contributed by atoms with Gasteiger partial charge in [-0.3, -0.25) is 9.59 Å². The standard InChI is InChI=1S/C47H73NO17/c1-27-17-15-13-11-9-7-5-6-8-10-12-14-16-18-34(64-46-44(58)41(48)43(57)30(4)63-46)24-38-40(45(59)60)37(54)26-47(61,65-38)25-33(51)21-31(49)19-20-35(52)36(53)22-32(50)23-39(55)62-29(3)28(2)42(27)56/h5-18,27-38,40-44,46,49-54,56-58,61H,19-26,48H2,1-4H3,(H,59,60)/b6-5+,9-7+,10-8+,13-11-,14-12+,17-15+,18-16+. The lowest BCUT2D eigenvalue weighted by molar-refractivity contribution is -0.308. The number of aliphatic hydroxyl groups is 10. The molecule has 18 nitrogen and oxygen atoms in total. The van der Waals surface area contributed by atoms with Crippen LogP contribution in [0.3, 0.4) is 0 Å². The van der Waals surface area contributed by atoms with Crippen LogP contribution in [0.25, 0.3) is 0 Å². The van der Waals surface area contributed by atoms with Crippen LogP contribution >= 0.6 is 0 Å². The van der Waals surface area contributed by atoms with Crippen molar-refractivity contribution >= 4 is 11.9 Å². The Morgan fingerprint density at radius 1 is 0.662 bits per heavy atom. The van der Waals surface area contributed by atoms with Crippen molar-refractivity contribution < 1.29 is 84.7 Å². The van der Waals surface area contributed by atoms with Crippen LogP contribution in [0.2, 0.25) is 0 Å². The zero-order valence-electron chi connectivity index (χ0n) is 37.6. The van der Waals surface area contributed by atoms with Crippen molar-refractivity contribution in [1.82, 2.24) is 0 Å². The molecule has 0 amide bonds. The molecule has 0 aromatic heterocycles. The summed E-state index contributed by atoms with van der Waals surface area (Å²) in [5, 5.41) is 118. The van der Waals surface area contributed by atoms with Crippen LogP contribution in [0.1, 0.15) is 79.1 Å². The SMILES string of the molecule is CC1/C=C/C=C\C=C\C=C\C=C\C=C\C=C\C(OC2OC(C)C(O)C(N)C2O)CC2OC(O)(CC(O)CC(O)CCC(O)C(O)CC(O)CC(=O)OC(C)C(C)C1O)CC(O)C2C(=O)O. The van der Waals surface area contributed by atoms with Crippen molar-refractivity contribution in [3.63, 3.8) is 0 Å². The fourth-order valence-electron chi connectivity index (χ4n) is 7.97. The molecule has 2 bridgehead atoms. The molecule has 0 aromatic carbocycles. The highest BCUT2D eigenvalue weighted by Gasteiger charge is 2.51. The van der Waals surface area contributed by atoms with Gasteiger partial charge in [0, 0.05) is 37.5 Å². The Hall–Kier alpha value is -3.44. The van der Waals surface area contributed by atoms with Crippen LogP contribution in [0.15, 0.2) is 85.1 Å². The molecule has 0 aliphatic carbocycles. The molecule has 0 radical (unpaired) electrons. The summed E-state index contributed by atoms with van der Waals surface area (Å²) in [7, 11) is 0. The fraction of sp³-hybridized carbons (Fsp3) is 0.660. The summed E-state index contributed by atoms with van der Waals surface area (Å²) in [5.41, 5.74) is 6.02. The average Bonchev–Trinajstić information content (AvgIpc) is 3.21. The number of ether oxygens (including phenoxy) is 4. The van der Waals surface area contributed by atoms with Gasteiger partial charge in [-0.2, -0.15) is 0 Å². The van der Waals surface area contributed by atoms with E-state index in [0.717, 1.165) is 0 Å². The van der Waals surface area contributed by atoms with E-state index in [9.17, 15) is 65.8 Å². The van der Waals surface area contributed by atoms with E-state index in [2.05, 4.69) is 0 Å². The summed E-state index contributed by atoms with van der Waals surface area (Å²) < 4.78 is 23.1. The lowest BCUT2D eigenvalue weighted by atomic mass is 9.82. The van der Waals surface area contributed by atoms with Crippen LogP contribution < -0.4 is 5.73 Å². The summed E-state index contributed by atoms with van der Waals surface area (Å²) in [5.74, 6) is -6.82. The fourth-order valence-corrected chi connectivity index (χ4v) is 7.97. The van der Waals surface area contributed by atoms with Crippen molar-refractivity contribution in [3.8, 4) is 0 Å². The van der Waals surface area contributed by atoms with E-state index in [1.807, 2.05) is 13.0 Å². The average molecular weight is 924 g/mol. The molecular formula is C47H73NO17. The normalized spacial score (nSPS) is 45.5. The number of carbonyl (C=O) groups is 2. The number of hydrogen-bond donors (Lipinski definition) is 12. The number of carboxylic acid groups (broad SMARTS) is 1. The summed E-state index contributed by atoms with van der Waals surface area (Å²) >= 11 is 0. The van der Waals surface area contributed by atoms with Gasteiger partial charge in [-0.25, -0.2) is 0 Å². The second-order valence-electron chi connectivity index (χ2n) is 17.6. The minimum Gasteiger partial charge on any atom is -0.481 e. The number of rotatable bonds is 3. The molecule has 18 heteroatoms. The lowest BCUT2D eigenvalue weighted by Gasteiger charge is -2.45. The number of hydrogen-bond acceptors (Lipinski definition) is 17. The van der Waals surface area contributed by atoms with Gasteiger partial charge < -0.3 is 80.9 Å². The molecule has 19 atom stereocenters. The zero-order chi connectivity index (χ0) is 48.4. The van der Waals surface area contributed by atoms with Gasteiger partial charge in [0.15, 0.2) is 12.1 Å². The van der Waals surface area contributed by atoms with Gasteiger partial charge in [0.1, 0.15) is 18.1 Å². The minimum atomic E-state index is -2.29. The van der Waals surface area contributed by atoms with E-state index >= 15 is 0 Å². The number of esters is 1. The van der Waals surface area contributed by atoms with Gasteiger partial charge in [0.25, 0.3) is 0 Å². The highest BCUT2D eigenvalue weighted by Crippen LogP contribution is 2.38. The van der Waals surface area contributed by atoms with Crippen molar-refractivity contribution in [2.45, 2.75) is 177 Å². The summed E-state index contributed by atoms with van der Waals surface area (Å²) in [6.07, 6.45) is 3.55. The molecule has 368 valence electrons. The molecule has 0 saturated carbocycles. The van der Waals surface area contributed by atoms with Gasteiger partial charge in [-0.05, 0) is 33.1 Å². The number of aliphatic carboxylic acids is 1. The van der Waals surface area contributed by atoms with E-state index in [4.69, 9.17) is 24.7 Å². The van der Waals surface area contributed by atoms with Gasteiger partial charge in [-0.15, -0.1) is 0 Å². The van der Waals surface area contributed by atoms with Crippen LogP contribution in [-0.2, 0) is 28.5 Å². The summed E-state index contributed by atoms with van der Waals surface area (Å²) in [4.78, 5) is 25.1. The smallest absolute Gasteiger partial charge is 0.311 e. The number of allylic oxidation sites excluding steroid dienone is 12. The molecule has 2 saturated heterocycles. The molecule has 3 rings (SSSR count). The zero-order valence-corrected chi connectivity index (χ0v) is 37.6. The van der Waals surface area contributed by atoms with Gasteiger partial charge in [0.2, 0.25) is 0 Å². The Morgan fingerprint density at radius 2 is 1.23 bits per heavy atom. The monoisotopic (exact) mass is 923 g/mol. The molecule has 19 unspecified atom stereocenters. The molecular weight excluding hydrogens is 851 g/mol. The second-order valence-corrected chi connectivity index (χ2v) is 17.6. The Balaban J connectivity index is 1.86. The highest BCUT2D eigenvalue weighted by molar-refractivity contribution is 5.71. The van der Waals surface area contributed by atoms with Gasteiger partial charge in [0.05, 0.1) is 79.6 Å². The minimum absolute atomic E-state index is 0.140. The number of cyclic esters (lactones) is 1. The molecule has 0 aromatic rings. The van der Waals surface area contributed by atoms with Crippen molar-refractivity contribution in [2.75, 3.05) is 0 Å². The number of carbonyl (C=O) groups excluding carboxylic acids is 1. The molecule has 13 N–H and O–H groups in total. The maximum absolute atomic E-state index is 12.6. The first-order chi connectivity index (χ1) is 30.6. The molecule has 65 heavy (non-hydrogen) atoms. The van der Waals surface area contributed by atoms with Crippen molar-refractivity contribution in [2.24, 2.45) is 23.5 Å². The summed E-state index contributed by atoms with van der Waals surface area (Å²) in [6, 6.07) is -1.14. The van der Waals surface area contributed by atoms with E-state index in [1.54, 1.807) is 86.8 Å². The van der Waals surface area contributed by atoms with E-state index < -0.39 is 147 Å². The number of nitrogens with two attached hydrogens (primary N) is 1. The van der Waals surface area contributed by atoms with Gasteiger partial charge >= 0.3 is 11.9 Å². The van der Waals surface area contributed by atoms with Crippen LogP contribution in [0.5, 0.6) is 0 Å². The number of carboxylic acids is 1. The van der Waals surface area contributed by atoms with Crippen molar-refractivity contribution in [1.29, 1.82) is 0 Å². The maximum atomic E-state index is 12.6. The predicted molar refractivity (Wildman–Crippen MR) is 237 cm³/mol.